The molecule has 0 atom stereocenters. The standard InChI is InChI=1S/C25H30N2O3/c1-6-29-20-12-17-13-24(2,3)27-19(11-15-8-7-9-16(10-15)23(26)28)21(17)18-14-25(4,5)30-22(18)20/h7-10,12H,6,11,13-14H2,1-5H3,(H2,26,28). The van der Waals surface area contributed by atoms with Crippen LogP contribution >= 0.6 is 0 Å². The van der Waals surface area contributed by atoms with E-state index in [4.69, 9.17) is 20.2 Å². The lowest BCUT2D eigenvalue weighted by Crippen LogP contribution is -2.31. The summed E-state index contributed by atoms with van der Waals surface area (Å²) in [4.78, 5) is 16.8. The normalized spacial score (nSPS) is 18.1. The van der Waals surface area contributed by atoms with E-state index >= 15 is 0 Å². The van der Waals surface area contributed by atoms with Crippen LogP contribution in [0.25, 0.3) is 0 Å². The van der Waals surface area contributed by atoms with Crippen molar-refractivity contribution in [3.8, 4) is 11.5 Å². The van der Waals surface area contributed by atoms with Gasteiger partial charge < -0.3 is 15.2 Å². The lowest BCUT2D eigenvalue weighted by atomic mass is 9.81. The summed E-state index contributed by atoms with van der Waals surface area (Å²) in [6.45, 7) is 11.1. The minimum Gasteiger partial charge on any atom is -0.490 e. The lowest BCUT2D eigenvalue weighted by molar-refractivity contribution is 0.1000. The van der Waals surface area contributed by atoms with E-state index in [0.717, 1.165) is 35.6 Å². The third kappa shape index (κ3) is 3.81. The summed E-state index contributed by atoms with van der Waals surface area (Å²) >= 11 is 0. The number of nitrogens with zero attached hydrogens (tertiary/aromatic N) is 1. The van der Waals surface area contributed by atoms with Gasteiger partial charge in [0.1, 0.15) is 5.60 Å². The summed E-state index contributed by atoms with van der Waals surface area (Å²) in [6.07, 6.45) is 2.30. The number of carbonyl (C=O) groups excluding carboxylic acids is 1. The van der Waals surface area contributed by atoms with Gasteiger partial charge in [-0.25, -0.2) is 0 Å². The minimum absolute atomic E-state index is 0.212. The molecular formula is C25H30N2O3. The van der Waals surface area contributed by atoms with E-state index in [9.17, 15) is 4.79 Å². The highest BCUT2D eigenvalue weighted by Crippen LogP contribution is 2.47. The van der Waals surface area contributed by atoms with Crippen LogP contribution in [-0.4, -0.2) is 29.4 Å². The van der Waals surface area contributed by atoms with E-state index < -0.39 is 5.91 Å². The van der Waals surface area contributed by atoms with Crippen LogP contribution in [0.3, 0.4) is 0 Å². The van der Waals surface area contributed by atoms with Gasteiger partial charge in [0.2, 0.25) is 5.91 Å². The minimum atomic E-state index is -0.416. The molecule has 0 bridgehead atoms. The highest BCUT2D eigenvalue weighted by Gasteiger charge is 2.39. The van der Waals surface area contributed by atoms with Crippen molar-refractivity contribution >= 4 is 11.6 Å². The second-order valence-electron chi connectivity index (χ2n) is 9.48. The topological polar surface area (TPSA) is 73.9 Å². The number of rotatable bonds is 5. The maximum Gasteiger partial charge on any atom is 0.248 e. The van der Waals surface area contributed by atoms with Gasteiger partial charge in [-0.3, -0.25) is 9.79 Å². The molecule has 5 heteroatoms. The lowest BCUT2D eigenvalue weighted by Gasteiger charge is -2.31. The van der Waals surface area contributed by atoms with E-state index in [1.165, 1.54) is 16.7 Å². The van der Waals surface area contributed by atoms with Crippen LogP contribution in [0.5, 0.6) is 11.5 Å². The van der Waals surface area contributed by atoms with Crippen LogP contribution in [0, 0.1) is 0 Å². The number of fused-ring (bicyclic) bond motifs is 3. The summed E-state index contributed by atoms with van der Waals surface area (Å²) in [5, 5.41) is 0. The second kappa shape index (κ2) is 7.15. The van der Waals surface area contributed by atoms with Crippen LogP contribution in [0.1, 0.15) is 67.2 Å². The Morgan fingerprint density at radius 1 is 1.20 bits per heavy atom. The first-order valence-corrected chi connectivity index (χ1v) is 10.6. The van der Waals surface area contributed by atoms with Crippen molar-refractivity contribution in [1.29, 1.82) is 0 Å². The molecule has 2 aliphatic heterocycles. The molecule has 0 saturated heterocycles. The first-order chi connectivity index (χ1) is 14.1. The van der Waals surface area contributed by atoms with Crippen molar-refractivity contribution in [3.05, 3.63) is 58.1 Å². The van der Waals surface area contributed by atoms with Crippen molar-refractivity contribution in [2.75, 3.05) is 6.61 Å². The Kier molecular flexibility index (Phi) is 4.88. The maximum atomic E-state index is 11.6. The molecule has 2 aromatic rings. The highest BCUT2D eigenvalue weighted by molar-refractivity contribution is 6.06. The molecule has 2 N–H and O–H groups in total. The van der Waals surface area contributed by atoms with Crippen LogP contribution < -0.4 is 15.2 Å². The number of aliphatic imine (C=N–C) groups is 1. The Hall–Kier alpha value is -2.82. The number of primary amides is 1. The van der Waals surface area contributed by atoms with Crippen molar-refractivity contribution < 1.29 is 14.3 Å². The number of ether oxygens (including phenoxy) is 2. The number of amides is 1. The van der Waals surface area contributed by atoms with E-state index in [1.807, 2.05) is 25.1 Å². The van der Waals surface area contributed by atoms with Gasteiger partial charge in [-0.1, -0.05) is 12.1 Å². The largest absolute Gasteiger partial charge is 0.490 e. The van der Waals surface area contributed by atoms with Gasteiger partial charge >= 0.3 is 0 Å². The molecule has 4 rings (SSSR count). The molecule has 0 unspecified atom stereocenters. The fraction of sp³-hybridized carbons (Fsp3) is 0.440. The van der Waals surface area contributed by atoms with E-state index in [-0.39, 0.29) is 11.1 Å². The highest BCUT2D eigenvalue weighted by atomic mass is 16.5. The zero-order valence-electron chi connectivity index (χ0n) is 18.5. The molecule has 0 radical (unpaired) electrons. The zero-order valence-corrected chi connectivity index (χ0v) is 18.5. The predicted molar refractivity (Wildman–Crippen MR) is 119 cm³/mol. The summed E-state index contributed by atoms with van der Waals surface area (Å²) in [5.74, 6) is 1.25. The third-order valence-electron chi connectivity index (χ3n) is 5.64. The van der Waals surface area contributed by atoms with Gasteiger partial charge in [0.25, 0.3) is 0 Å². The Labute approximate surface area is 178 Å². The molecule has 5 nitrogen and oxygen atoms in total. The number of nitrogens with two attached hydrogens (primary N) is 1. The Morgan fingerprint density at radius 3 is 2.67 bits per heavy atom. The fourth-order valence-electron chi connectivity index (χ4n) is 4.61. The van der Waals surface area contributed by atoms with Crippen molar-refractivity contribution in [2.24, 2.45) is 10.7 Å². The van der Waals surface area contributed by atoms with Crippen LogP contribution in [0.2, 0.25) is 0 Å². The zero-order chi connectivity index (χ0) is 21.7. The molecule has 0 fully saturated rings. The molecular weight excluding hydrogens is 376 g/mol. The van der Waals surface area contributed by atoms with E-state index in [1.54, 1.807) is 6.07 Å². The third-order valence-corrected chi connectivity index (χ3v) is 5.64. The maximum absolute atomic E-state index is 11.6. The fourth-order valence-corrected chi connectivity index (χ4v) is 4.61. The molecule has 0 saturated carbocycles. The van der Waals surface area contributed by atoms with Crippen molar-refractivity contribution in [3.63, 3.8) is 0 Å². The number of hydrogen-bond acceptors (Lipinski definition) is 4. The summed E-state index contributed by atoms with van der Waals surface area (Å²) in [5.41, 5.74) is 11.2. The monoisotopic (exact) mass is 406 g/mol. The molecule has 2 aliphatic rings. The Morgan fingerprint density at radius 2 is 1.97 bits per heavy atom. The molecule has 0 spiro atoms. The van der Waals surface area contributed by atoms with Crippen molar-refractivity contribution in [1.82, 2.24) is 0 Å². The number of hydrogen-bond donors (Lipinski definition) is 1. The molecule has 0 aliphatic carbocycles. The molecule has 0 aromatic heterocycles. The van der Waals surface area contributed by atoms with Crippen LogP contribution in [-0.2, 0) is 19.3 Å². The van der Waals surface area contributed by atoms with E-state index in [0.29, 0.717) is 18.6 Å². The van der Waals surface area contributed by atoms with Gasteiger partial charge in [0.05, 0.1) is 12.1 Å². The SMILES string of the molecule is CCOc1cc2c(c3c1OC(C)(C)C3)C(Cc1cccc(C(N)=O)c1)=NC(C)(C)C2. The molecule has 158 valence electrons. The number of carbonyl (C=O) groups is 1. The molecule has 30 heavy (non-hydrogen) atoms. The number of benzene rings is 2. The smallest absolute Gasteiger partial charge is 0.248 e. The van der Waals surface area contributed by atoms with Gasteiger partial charge in [-0.15, -0.1) is 0 Å². The first-order valence-electron chi connectivity index (χ1n) is 10.6. The van der Waals surface area contributed by atoms with Crippen molar-refractivity contribution in [2.45, 2.75) is 65.0 Å². The molecule has 1 amide bonds. The van der Waals surface area contributed by atoms with Gasteiger partial charge in [0, 0.05) is 35.2 Å². The van der Waals surface area contributed by atoms with Gasteiger partial charge in [-0.05, 0) is 70.4 Å². The van der Waals surface area contributed by atoms with Crippen LogP contribution in [0.4, 0.5) is 0 Å². The van der Waals surface area contributed by atoms with Gasteiger partial charge in [-0.2, -0.15) is 0 Å². The average Bonchev–Trinajstić information content (AvgIpc) is 2.96. The quantitative estimate of drug-likeness (QED) is 0.806. The summed E-state index contributed by atoms with van der Waals surface area (Å²) < 4.78 is 12.3. The van der Waals surface area contributed by atoms with Gasteiger partial charge in [0.15, 0.2) is 11.5 Å². The molecule has 2 aromatic carbocycles. The predicted octanol–water partition coefficient (Wildman–Crippen LogP) is 4.26. The Balaban J connectivity index is 1.84. The average molecular weight is 407 g/mol. The van der Waals surface area contributed by atoms with E-state index in [2.05, 4.69) is 33.8 Å². The van der Waals surface area contributed by atoms with Crippen LogP contribution in [0.15, 0.2) is 35.3 Å². The Bertz CT molecular complexity index is 1050. The summed E-state index contributed by atoms with van der Waals surface area (Å²) in [6, 6.07) is 9.64. The molecule has 2 heterocycles. The summed E-state index contributed by atoms with van der Waals surface area (Å²) in [7, 11) is 0. The first kappa shape index (κ1) is 20.5. The second-order valence-corrected chi connectivity index (χ2v) is 9.48.